The zero-order valence-corrected chi connectivity index (χ0v) is 13.5. The van der Waals surface area contributed by atoms with Crippen molar-refractivity contribution in [3.8, 4) is 0 Å². The van der Waals surface area contributed by atoms with Gasteiger partial charge in [-0.15, -0.1) is 11.3 Å². The third kappa shape index (κ3) is 3.80. The zero-order valence-electron chi connectivity index (χ0n) is 12.7. The minimum atomic E-state index is 0.253. The van der Waals surface area contributed by atoms with Crippen LogP contribution in [0.3, 0.4) is 0 Å². The van der Waals surface area contributed by atoms with Gasteiger partial charge in [0.05, 0.1) is 6.61 Å². The monoisotopic (exact) mass is 281 g/mol. The number of hydrogen-bond donors (Lipinski definition) is 1. The van der Waals surface area contributed by atoms with E-state index in [1.807, 2.05) is 11.3 Å². The minimum absolute atomic E-state index is 0.253. The molecule has 108 valence electrons. The Morgan fingerprint density at radius 2 is 2.21 bits per heavy atom. The van der Waals surface area contributed by atoms with Gasteiger partial charge < -0.3 is 10.1 Å². The standard InChI is InChI=1S/C16H27NOS/c1-5-17-15(12-7-6-10-18-11-12)13-8-9-14(19-13)16(2,3)4/h8-9,12,15,17H,5-7,10-11H2,1-4H3. The van der Waals surface area contributed by atoms with E-state index in [-0.39, 0.29) is 5.41 Å². The summed E-state index contributed by atoms with van der Waals surface area (Å²) >= 11 is 1.96. The molecule has 0 spiro atoms. The lowest BCUT2D eigenvalue weighted by molar-refractivity contribution is 0.0398. The van der Waals surface area contributed by atoms with E-state index in [1.54, 1.807) is 0 Å². The van der Waals surface area contributed by atoms with Gasteiger partial charge in [0.1, 0.15) is 0 Å². The van der Waals surface area contributed by atoms with E-state index >= 15 is 0 Å². The summed E-state index contributed by atoms with van der Waals surface area (Å²) in [6, 6.07) is 5.08. The van der Waals surface area contributed by atoms with Crippen molar-refractivity contribution < 1.29 is 4.74 Å². The van der Waals surface area contributed by atoms with Crippen LogP contribution >= 0.6 is 11.3 Å². The van der Waals surface area contributed by atoms with Gasteiger partial charge in [-0.25, -0.2) is 0 Å². The summed E-state index contributed by atoms with van der Waals surface area (Å²) in [4.78, 5) is 2.95. The second kappa shape index (κ2) is 6.38. The molecule has 1 aromatic rings. The fourth-order valence-corrected chi connectivity index (χ4v) is 3.91. The Kier molecular flexibility index (Phi) is 5.04. The first-order valence-electron chi connectivity index (χ1n) is 7.43. The molecule has 19 heavy (non-hydrogen) atoms. The van der Waals surface area contributed by atoms with Crippen molar-refractivity contribution in [2.45, 2.75) is 52.0 Å². The summed E-state index contributed by atoms with van der Waals surface area (Å²) in [5.41, 5.74) is 0.253. The van der Waals surface area contributed by atoms with Gasteiger partial charge in [0, 0.05) is 28.3 Å². The van der Waals surface area contributed by atoms with E-state index in [0.29, 0.717) is 12.0 Å². The molecule has 1 aromatic heterocycles. The number of hydrogen-bond acceptors (Lipinski definition) is 3. The maximum absolute atomic E-state index is 5.67. The third-order valence-electron chi connectivity index (χ3n) is 3.76. The molecule has 1 N–H and O–H groups in total. The summed E-state index contributed by atoms with van der Waals surface area (Å²) in [5.74, 6) is 0.625. The largest absolute Gasteiger partial charge is 0.381 e. The third-order valence-corrected chi connectivity index (χ3v) is 5.36. The Balaban J connectivity index is 2.16. The van der Waals surface area contributed by atoms with Crippen LogP contribution in [-0.2, 0) is 10.2 Å². The van der Waals surface area contributed by atoms with E-state index in [2.05, 4.69) is 45.1 Å². The molecule has 1 saturated heterocycles. The number of rotatable bonds is 4. The Labute approximate surface area is 121 Å². The fourth-order valence-electron chi connectivity index (χ4n) is 2.67. The van der Waals surface area contributed by atoms with Crippen molar-refractivity contribution in [1.82, 2.24) is 5.32 Å². The molecular weight excluding hydrogens is 254 g/mol. The molecule has 0 amide bonds. The smallest absolute Gasteiger partial charge is 0.0512 e. The highest BCUT2D eigenvalue weighted by molar-refractivity contribution is 7.12. The Morgan fingerprint density at radius 3 is 2.74 bits per heavy atom. The summed E-state index contributed by atoms with van der Waals surface area (Å²) in [6.45, 7) is 11.9. The van der Waals surface area contributed by atoms with Gasteiger partial charge in [0.15, 0.2) is 0 Å². The maximum Gasteiger partial charge on any atom is 0.0512 e. The molecule has 1 aliphatic rings. The van der Waals surface area contributed by atoms with Gasteiger partial charge >= 0.3 is 0 Å². The predicted molar refractivity (Wildman–Crippen MR) is 83.0 cm³/mol. The predicted octanol–water partition coefficient (Wildman–Crippen LogP) is 4.12. The minimum Gasteiger partial charge on any atom is -0.381 e. The van der Waals surface area contributed by atoms with Gasteiger partial charge in [-0.1, -0.05) is 27.7 Å². The highest BCUT2D eigenvalue weighted by atomic mass is 32.1. The zero-order chi connectivity index (χ0) is 13.9. The van der Waals surface area contributed by atoms with Crippen LogP contribution in [0.1, 0.15) is 56.3 Å². The summed E-state index contributed by atoms with van der Waals surface area (Å²) in [7, 11) is 0. The summed E-state index contributed by atoms with van der Waals surface area (Å²) < 4.78 is 5.67. The Hall–Kier alpha value is -0.380. The second-order valence-corrected chi connectivity index (χ2v) is 7.58. The molecule has 2 nitrogen and oxygen atoms in total. The van der Waals surface area contributed by atoms with Gasteiger partial charge in [-0.3, -0.25) is 0 Å². The van der Waals surface area contributed by atoms with Crippen molar-refractivity contribution in [1.29, 1.82) is 0 Å². The molecule has 0 aromatic carbocycles. The molecule has 0 saturated carbocycles. The lowest BCUT2D eigenvalue weighted by atomic mass is 9.92. The first-order chi connectivity index (χ1) is 9.02. The number of ether oxygens (including phenoxy) is 1. The lowest BCUT2D eigenvalue weighted by Crippen LogP contribution is -2.32. The van der Waals surface area contributed by atoms with E-state index < -0.39 is 0 Å². The first-order valence-corrected chi connectivity index (χ1v) is 8.25. The molecule has 0 bridgehead atoms. The van der Waals surface area contributed by atoms with Crippen LogP contribution in [0, 0.1) is 5.92 Å². The number of nitrogens with one attached hydrogen (secondary N) is 1. The molecular formula is C16H27NOS. The molecule has 2 rings (SSSR count). The molecule has 1 fully saturated rings. The van der Waals surface area contributed by atoms with Crippen LogP contribution in [-0.4, -0.2) is 19.8 Å². The Bertz CT molecular complexity index is 388. The quantitative estimate of drug-likeness (QED) is 0.896. The van der Waals surface area contributed by atoms with Gasteiger partial charge in [0.25, 0.3) is 0 Å². The normalized spacial score (nSPS) is 22.4. The van der Waals surface area contributed by atoms with Gasteiger partial charge in [-0.05, 0) is 36.9 Å². The van der Waals surface area contributed by atoms with Crippen LogP contribution in [0.5, 0.6) is 0 Å². The molecule has 3 heteroatoms. The molecule has 1 aliphatic heterocycles. The average Bonchev–Trinajstić information content (AvgIpc) is 2.86. The summed E-state index contributed by atoms with van der Waals surface area (Å²) in [6.07, 6.45) is 2.48. The highest BCUT2D eigenvalue weighted by Crippen LogP contribution is 2.36. The molecule has 0 radical (unpaired) electrons. The molecule has 2 atom stereocenters. The van der Waals surface area contributed by atoms with Crippen molar-refractivity contribution >= 4 is 11.3 Å². The first kappa shape index (κ1) is 15.0. The molecule has 2 heterocycles. The van der Waals surface area contributed by atoms with Crippen LogP contribution < -0.4 is 5.32 Å². The average molecular weight is 281 g/mol. The summed E-state index contributed by atoms with van der Waals surface area (Å²) in [5, 5.41) is 3.66. The van der Waals surface area contributed by atoms with Crippen LogP contribution in [0.25, 0.3) is 0 Å². The molecule has 2 unspecified atom stereocenters. The van der Waals surface area contributed by atoms with Crippen LogP contribution in [0.15, 0.2) is 12.1 Å². The van der Waals surface area contributed by atoms with E-state index in [0.717, 1.165) is 19.8 Å². The number of thiophene rings is 1. The fraction of sp³-hybridized carbons (Fsp3) is 0.750. The second-order valence-electron chi connectivity index (χ2n) is 6.46. The maximum atomic E-state index is 5.67. The van der Waals surface area contributed by atoms with E-state index in [9.17, 15) is 0 Å². The van der Waals surface area contributed by atoms with Gasteiger partial charge in [-0.2, -0.15) is 0 Å². The van der Waals surface area contributed by atoms with Crippen molar-refractivity contribution in [3.05, 3.63) is 21.9 Å². The van der Waals surface area contributed by atoms with E-state index in [4.69, 9.17) is 4.74 Å². The van der Waals surface area contributed by atoms with Crippen molar-refractivity contribution in [2.75, 3.05) is 19.8 Å². The Morgan fingerprint density at radius 1 is 1.42 bits per heavy atom. The van der Waals surface area contributed by atoms with Crippen molar-refractivity contribution in [3.63, 3.8) is 0 Å². The van der Waals surface area contributed by atoms with Gasteiger partial charge in [0.2, 0.25) is 0 Å². The molecule has 0 aliphatic carbocycles. The van der Waals surface area contributed by atoms with Crippen LogP contribution in [0.4, 0.5) is 0 Å². The SMILES string of the molecule is CCNC(c1ccc(C(C)(C)C)s1)C1CCCOC1. The lowest BCUT2D eigenvalue weighted by Gasteiger charge is -2.30. The highest BCUT2D eigenvalue weighted by Gasteiger charge is 2.27. The van der Waals surface area contributed by atoms with E-state index in [1.165, 1.54) is 22.6 Å². The van der Waals surface area contributed by atoms with Crippen molar-refractivity contribution in [2.24, 2.45) is 5.92 Å². The topological polar surface area (TPSA) is 21.3 Å². The van der Waals surface area contributed by atoms with Crippen LogP contribution in [0.2, 0.25) is 0 Å².